The van der Waals surface area contributed by atoms with Gasteiger partial charge in [0.2, 0.25) is 5.91 Å². The highest BCUT2D eigenvalue weighted by molar-refractivity contribution is 9.10. The molecule has 1 unspecified atom stereocenters. The Morgan fingerprint density at radius 3 is 2.73 bits per heavy atom. The number of nitrogens with two attached hydrogens (primary N) is 1. The van der Waals surface area contributed by atoms with Crippen molar-refractivity contribution in [2.45, 2.75) is 39.2 Å². The smallest absolute Gasteiger partial charge is 0.226 e. The Labute approximate surface area is 148 Å². The first-order chi connectivity index (χ1) is 9.95. The van der Waals surface area contributed by atoms with Crippen LogP contribution in [0.3, 0.4) is 0 Å². The lowest BCUT2D eigenvalue weighted by Crippen LogP contribution is -2.37. The summed E-state index contributed by atoms with van der Waals surface area (Å²) in [5.74, 6) is 0.851. The number of benzene rings is 1. The van der Waals surface area contributed by atoms with Crippen LogP contribution in [0.4, 0.5) is 0 Å². The number of nitrogens with zero attached hydrogens (tertiary/aromatic N) is 1. The fourth-order valence-electron chi connectivity index (χ4n) is 3.03. The maximum atomic E-state index is 12.8. The molecule has 124 valence electrons. The largest absolute Gasteiger partial charge is 0.341 e. The number of carbonyl (C=O) groups excluding carboxylic acids is 1. The van der Waals surface area contributed by atoms with Gasteiger partial charge >= 0.3 is 0 Å². The zero-order chi connectivity index (χ0) is 15.4. The minimum absolute atomic E-state index is 0. The van der Waals surface area contributed by atoms with Crippen LogP contribution < -0.4 is 5.73 Å². The summed E-state index contributed by atoms with van der Waals surface area (Å²) in [6.45, 7) is 5.88. The van der Waals surface area contributed by atoms with E-state index in [1.807, 2.05) is 17.0 Å². The second-order valence-corrected chi connectivity index (χ2v) is 7.41. The lowest BCUT2D eigenvalue weighted by atomic mass is 9.90. The summed E-state index contributed by atoms with van der Waals surface area (Å²) in [6, 6.07) is 8.40. The van der Waals surface area contributed by atoms with Crippen molar-refractivity contribution in [3.63, 3.8) is 0 Å². The van der Waals surface area contributed by atoms with Gasteiger partial charge in [0, 0.05) is 29.5 Å². The molecule has 2 N–H and O–H groups in total. The van der Waals surface area contributed by atoms with E-state index in [0.29, 0.717) is 12.5 Å². The van der Waals surface area contributed by atoms with Crippen molar-refractivity contribution in [1.82, 2.24) is 4.90 Å². The Balaban J connectivity index is 0.00000242. The molecule has 1 heterocycles. The molecule has 0 aromatic heterocycles. The average Bonchev–Trinajstić information content (AvgIpc) is 2.83. The summed E-state index contributed by atoms with van der Waals surface area (Å²) >= 11 is 3.50. The van der Waals surface area contributed by atoms with Crippen LogP contribution in [0.1, 0.15) is 32.3 Å². The molecule has 1 aromatic rings. The van der Waals surface area contributed by atoms with Crippen molar-refractivity contribution in [1.29, 1.82) is 0 Å². The molecule has 3 nitrogen and oxygen atoms in total. The second kappa shape index (κ2) is 8.90. The zero-order valence-electron chi connectivity index (χ0n) is 13.3. The van der Waals surface area contributed by atoms with E-state index < -0.39 is 0 Å². The fraction of sp³-hybridized carbons (Fsp3) is 0.588. The quantitative estimate of drug-likeness (QED) is 0.835. The number of hydrogen-bond donors (Lipinski definition) is 1. The average molecular weight is 390 g/mol. The van der Waals surface area contributed by atoms with Crippen LogP contribution >= 0.6 is 28.3 Å². The first-order valence-electron chi connectivity index (χ1n) is 7.74. The molecule has 0 radical (unpaired) electrons. The number of rotatable bonds is 5. The van der Waals surface area contributed by atoms with E-state index in [0.717, 1.165) is 30.3 Å². The number of amides is 1. The lowest BCUT2D eigenvalue weighted by Gasteiger charge is -2.25. The predicted octanol–water partition coefficient (Wildman–Crippen LogP) is 3.64. The lowest BCUT2D eigenvalue weighted by molar-refractivity contribution is -0.135. The Morgan fingerprint density at radius 2 is 2.18 bits per heavy atom. The number of likely N-dealkylation sites (tertiary alicyclic amines) is 1. The van der Waals surface area contributed by atoms with Crippen LogP contribution in [0.25, 0.3) is 0 Å². The van der Waals surface area contributed by atoms with E-state index in [1.165, 1.54) is 5.56 Å². The topological polar surface area (TPSA) is 46.3 Å². The molecule has 2 rings (SSSR count). The Kier molecular flexibility index (Phi) is 7.87. The van der Waals surface area contributed by atoms with Crippen LogP contribution in [0, 0.1) is 11.8 Å². The van der Waals surface area contributed by atoms with Crippen molar-refractivity contribution < 1.29 is 4.79 Å². The maximum absolute atomic E-state index is 12.8. The zero-order valence-corrected chi connectivity index (χ0v) is 15.7. The van der Waals surface area contributed by atoms with Crippen LogP contribution in [-0.4, -0.2) is 29.9 Å². The van der Waals surface area contributed by atoms with Gasteiger partial charge in [-0.15, -0.1) is 12.4 Å². The third kappa shape index (κ3) is 5.56. The number of halogens is 2. The summed E-state index contributed by atoms with van der Waals surface area (Å²) in [6.07, 6.45) is 2.66. The van der Waals surface area contributed by atoms with Gasteiger partial charge in [0.25, 0.3) is 0 Å². The van der Waals surface area contributed by atoms with E-state index in [4.69, 9.17) is 5.73 Å². The van der Waals surface area contributed by atoms with Crippen LogP contribution in [0.5, 0.6) is 0 Å². The number of carbonyl (C=O) groups is 1. The standard InChI is InChI=1S/C17H25BrN2O.ClH/c1-12(2)8-14(9-13-4-3-5-15(18)10-13)17(21)20-7-6-16(19)11-20;/h3-5,10,12,14,16H,6-9,11,19H2,1-2H3;1H/t14?,16-;/m1./s1. The van der Waals surface area contributed by atoms with E-state index in [1.54, 1.807) is 0 Å². The molecule has 5 heteroatoms. The molecule has 0 aliphatic carbocycles. The highest BCUT2D eigenvalue weighted by atomic mass is 79.9. The molecule has 1 amide bonds. The molecular weight excluding hydrogens is 364 g/mol. The third-order valence-electron chi connectivity index (χ3n) is 4.01. The van der Waals surface area contributed by atoms with Gasteiger partial charge in [-0.25, -0.2) is 0 Å². The van der Waals surface area contributed by atoms with Crippen molar-refractivity contribution >= 4 is 34.2 Å². The highest BCUT2D eigenvalue weighted by Gasteiger charge is 2.29. The Hall–Kier alpha value is -0.580. The van der Waals surface area contributed by atoms with Gasteiger partial charge in [-0.2, -0.15) is 0 Å². The summed E-state index contributed by atoms with van der Waals surface area (Å²) in [4.78, 5) is 14.7. The molecule has 1 aromatic carbocycles. The summed E-state index contributed by atoms with van der Waals surface area (Å²) < 4.78 is 1.07. The van der Waals surface area contributed by atoms with Crippen molar-refractivity contribution in [2.75, 3.05) is 13.1 Å². The van der Waals surface area contributed by atoms with Crippen LogP contribution in [-0.2, 0) is 11.2 Å². The van der Waals surface area contributed by atoms with Gasteiger partial charge in [-0.1, -0.05) is 41.9 Å². The molecule has 0 bridgehead atoms. The van der Waals surface area contributed by atoms with Gasteiger partial charge in [-0.05, 0) is 42.9 Å². The van der Waals surface area contributed by atoms with Gasteiger partial charge in [-0.3, -0.25) is 4.79 Å². The molecule has 1 fully saturated rings. The van der Waals surface area contributed by atoms with Crippen LogP contribution in [0.15, 0.2) is 28.7 Å². The van der Waals surface area contributed by atoms with E-state index in [2.05, 4.69) is 41.9 Å². The fourth-order valence-corrected chi connectivity index (χ4v) is 3.48. The first-order valence-corrected chi connectivity index (χ1v) is 8.54. The summed E-state index contributed by atoms with van der Waals surface area (Å²) in [5.41, 5.74) is 7.15. The summed E-state index contributed by atoms with van der Waals surface area (Å²) in [7, 11) is 0. The molecule has 0 saturated carbocycles. The highest BCUT2D eigenvalue weighted by Crippen LogP contribution is 2.23. The minimum Gasteiger partial charge on any atom is -0.341 e. The summed E-state index contributed by atoms with van der Waals surface area (Å²) in [5, 5.41) is 0. The van der Waals surface area contributed by atoms with Gasteiger partial charge in [0.05, 0.1) is 0 Å². The van der Waals surface area contributed by atoms with Crippen molar-refractivity contribution in [3.05, 3.63) is 34.3 Å². The Morgan fingerprint density at radius 1 is 1.45 bits per heavy atom. The van der Waals surface area contributed by atoms with Gasteiger partial charge in [0.1, 0.15) is 0 Å². The number of hydrogen-bond acceptors (Lipinski definition) is 2. The maximum Gasteiger partial charge on any atom is 0.226 e. The van der Waals surface area contributed by atoms with Gasteiger partial charge in [0.15, 0.2) is 0 Å². The van der Waals surface area contributed by atoms with E-state index >= 15 is 0 Å². The molecule has 1 saturated heterocycles. The first kappa shape index (κ1) is 19.5. The van der Waals surface area contributed by atoms with E-state index in [-0.39, 0.29) is 30.3 Å². The normalized spacial score (nSPS) is 19.1. The second-order valence-electron chi connectivity index (χ2n) is 6.49. The third-order valence-corrected chi connectivity index (χ3v) is 4.51. The van der Waals surface area contributed by atoms with Crippen molar-refractivity contribution in [2.24, 2.45) is 17.6 Å². The Bertz CT molecular complexity index is 495. The predicted molar refractivity (Wildman–Crippen MR) is 97.2 cm³/mol. The SMILES string of the molecule is CC(C)CC(Cc1cccc(Br)c1)C(=O)N1CC[C@@H](N)C1.Cl. The molecule has 1 aliphatic rings. The molecule has 22 heavy (non-hydrogen) atoms. The molecular formula is C17H26BrClN2O. The molecule has 2 atom stereocenters. The van der Waals surface area contributed by atoms with Crippen LogP contribution in [0.2, 0.25) is 0 Å². The monoisotopic (exact) mass is 388 g/mol. The minimum atomic E-state index is 0. The van der Waals surface area contributed by atoms with E-state index in [9.17, 15) is 4.79 Å². The molecule has 1 aliphatic heterocycles. The molecule has 0 spiro atoms. The van der Waals surface area contributed by atoms with Gasteiger partial charge < -0.3 is 10.6 Å². The van der Waals surface area contributed by atoms with Crippen molar-refractivity contribution in [3.8, 4) is 0 Å².